The summed E-state index contributed by atoms with van der Waals surface area (Å²) in [6.45, 7) is 0. The molecule has 0 spiro atoms. The third-order valence-electron chi connectivity index (χ3n) is 3.76. The first-order valence-corrected chi connectivity index (χ1v) is 6.62. The molecule has 1 aromatic carbocycles. The van der Waals surface area contributed by atoms with Gasteiger partial charge in [0, 0.05) is 18.5 Å². The molecule has 0 unspecified atom stereocenters. The number of nitrogens with one attached hydrogen (secondary N) is 1. The summed E-state index contributed by atoms with van der Waals surface area (Å²) in [7, 11) is 0. The second-order valence-corrected chi connectivity index (χ2v) is 5.39. The van der Waals surface area contributed by atoms with Crippen LogP contribution in [-0.2, 0) is 12.8 Å². The van der Waals surface area contributed by atoms with Gasteiger partial charge in [-0.2, -0.15) is 0 Å². The fourth-order valence-corrected chi connectivity index (χ4v) is 2.75. The Kier molecular flexibility index (Phi) is 2.92. The molecule has 3 N–H and O–H groups in total. The van der Waals surface area contributed by atoms with Gasteiger partial charge < -0.3 is 11.1 Å². The fraction of sp³-hybridized carbons (Fsp3) is 0.500. The van der Waals surface area contributed by atoms with E-state index < -0.39 is 5.92 Å². The first kappa shape index (κ1) is 12.4. The van der Waals surface area contributed by atoms with Crippen molar-refractivity contribution in [2.45, 2.75) is 44.1 Å². The van der Waals surface area contributed by atoms with Gasteiger partial charge in [0.2, 0.25) is 0 Å². The summed E-state index contributed by atoms with van der Waals surface area (Å²) >= 11 is 0. The molecular weight excluding hydrogens is 248 g/mol. The molecule has 3 nitrogen and oxygen atoms in total. The van der Waals surface area contributed by atoms with E-state index in [0.717, 1.165) is 18.5 Å². The summed E-state index contributed by atoms with van der Waals surface area (Å²) in [5, 5.41) is 2.98. The van der Waals surface area contributed by atoms with Crippen LogP contribution >= 0.6 is 0 Å². The Balaban J connectivity index is 1.63. The van der Waals surface area contributed by atoms with Gasteiger partial charge in [0.05, 0.1) is 6.04 Å². The van der Waals surface area contributed by atoms with E-state index in [2.05, 4.69) is 22.4 Å². The van der Waals surface area contributed by atoms with E-state index in [4.69, 9.17) is 5.73 Å². The lowest BCUT2D eigenvalue weighted by molar-refractivity contribution is -0.0834. The standard InChI is InChI=1S/C14H17F2N3/c15-14(16)7-12(8-14)19-13(17)18-11-5-4-9-2-1-3-10(9)6-11/h4-6,12H,1-3,7-8H2,(H3,17,18,19). The predicted molar refractivity (Wildman–Crippen MR) is 71.7 cm³/mol. The Hall–Kier alpha value is -1.65. The van der Waals surface area contributed by atoms with E-state index in [1.165, 1.54) is 17.5 Å². The molecule has 1 aromatic rings. The Bertz CT molecular complexity index is 517. The average molecular weight is 265 g/mol. The molecule has 0 aliphatic heterocycles. The van der Waals surface area contributed by atoms with Crippen molar-refractivity contribution in [2.75, 3.05) is 5.32 Å². The quantitative estimate of drug-likeness (QED) is 0.638. The lowest BCUT2D eigenvalue weighted by atomic mass is 9.89. The number of hydrogen-bond acceptors (Lipinski definition) is 1. The summed E-state index contributed by atoms with van der Waals surface area (Å²) in [4.78, 5) is 4.07. The topological polar surface area (TPSA) is 50.4 Å². The normalized spacial score (nSPS) is 21.9. The highest BCUT2D eigenvalue weighted by Crippen LogP contribution is 2.39. The number of fused-ring (bicyclic) bond motifs is 1. The minimum atomic E-state index is -2.55. The van der Waals surface area contributed by atoms with E-state index in [0.29, 0.717) is 0 Å². The minimum Gasteiger partial charge on any atom is -0.370 e. The van der Waals surface area contributed by atoms with Crippen LogP contribution < -0.4 is 11.1 Å². The molecule has 5 heteroatoms. The number of benzene rings is 1. The van der Waals surface area contributed by atoms with Crippen LogP contribution in [0.2, 0.25) is 0 Å². The van der Waals surface area contributed by atoms with Gasteiger partial charge in [0.1, 0.15) is 0 Å². The molecule has 3 rings (SSSR count). The van der Waals surface area contributed by atoms with Gasteiger partial charge in [-0.15, -0.1) is 0 Å². The lowest BCUT2D eigenvalue weighted by Crippen LogP contribution is -2.40. The van der Waals surface area contributed by atoms with E-state index >= 15 is 0 Å². The van der Waals surface area contributed by atoms with Crippen LogP contribution in [0.4, 0.5) is 14.5 Å². The van der Waals surface area contributed by atoms with Crippen molar-refractivity contribution in [3.8, 4) is 0 Å². The van der Waals surface area contributed by atoms with Gasteiger partial charge in [-0.3, -0.25) is 0 Å². The van der Waals surface area contributed by atoms with E-state index in [9.17, 15) is 8.78 Å². The lowest BCUT2D eigenvalue weighted by Gasteiger charge is -2.32. The van der Waals surface area contributed by atoms with Gasteiger partial charge in [-0.25, -0.2) is 13.8 Å². The summed E-state index contributed by atoms with van der Waals surface area (Å²) in [5.41, 5.74) is 9.36. The van der Waals surface area contributed by atoms with Crippen LogP contribution in [0.25, 0.3) is 0 Å². The van der Waals surface area contributed by atoms with Gasteiger partial charge in [-0.05, 0) is 42.5 Å². The van der Waals surface area contributed by atoms with Crippen molar-refractivity contribution < 1.29 is 8.78 Å². The Labute approximate surface area is 110 Å². The third kappa shape index (κ3) is 2.69. The smallest absolute Gasteiger partial charge is 0.252 e. The maximum Gasteiger partial charge on any atom is 0.252 e. The Morgan fingerprint density at radius 3 is 2.74 bits per heavy atom. The molecular formula is C14H17F2N3. The van der Waals surface area contributed by atoms with Gasteiger partial charge >= 0.3 is 0 Å². The Morgan fingerprint density at radius 1 is 1.26 bits per heavy atom. The van der Waals surface area contributed by atoms with Crippen LogP contribution in [0.5, 0.6) is 0 Å². The van der Waals surface area contributed by atoms with Crippen LogP contribution in [0.3, 0.4) is 0 Å². The van der Waals surface area contributed by atoms with Gasteiger partial charge in [0.15, 0.2) is 5.96 Å². The number of alkyl halides is 2. The van der Waals surface area contributed by atoms with Crippen molar-refractivity contribution in [3.63, 3.8) is 0 Å². The molecule has 19 heavy (non-hydrogen) atoms. The maximum atomic E-state index is 12.7. The highest BCUT2D eigenvalue weighted by Gasteiger charge is 2.45. The number of nitrogens with zero attached hydrogens (tertiary/aromatic N) is 1. The van der Waals surface area contributed by atoms with Crippen molar-refractivity contribution in [1.29, 1.82) is 0 Å². The number of aryl methyl sites for hydroxylation is 2. The summed E-state index contributed by atoms with van der Waals surface area (Å²) in [6, 6.07) is 5.77. The summed E-state index contributed by atoms with van der Waals surface area (Å²) in [6.07, 6.45) is 3.03. The van der Waals surface area contributed by atoms with Crippen LogP contribution in [-0.4, -0.2) is 17.9 Å². The van der Waals surface area contributed by atoms with Gasteiger partial charge in [0.25, 0.3) is 5.92 Å². The second kappa shape index (κ2) is 4.47. The van der Waals surface area contributed by atoms with Crippen molar-refractivity contribution in [1.82, 2.24) is 0 Å². The highest BCUT2D eigenvalue weighted by atomic mass is 19.3. The molecule has 1 saturated carbocycles. The summed E-state index contributed by atoms with van der Waals surface area (Å²) in [5.74, 6) is -2.33. The number of halogens is 2. The number of rotatable bonds is 2. The third-order valence-corrected chi connectivity index (χ3v) is 3.76. The molecule has 0 bridgehead atoms. The molecule has 0 saturated heterocycles. The first-order chi connectivity index (χ1) is 9.02. The average Bonchev–Trinajstić information content (AvgIpc) is 2.73. The van der Waals surface area contributed by atoms with Gasteiger partial charge in [-0.1, -0.05) is 6.07 Å². The first-order valence-electron chi connectivity index (χ1n) is 6.62. The van der Waals surface area contributed by atoms with Crippen molar-refractivity contribution >= 4 is 11.6 Å². The Morgan fingerprint density at radius 2 is 2.00 bits per heavy atom. The number of anilines is 1. The SMILES string of the molecule is NC(=NC1CC(F)(F)C1)Nc1ccc2c(c1)CCC2. The summed E-state index contributed by atoms with van der Waals surface area (Å²) < 4.78 is 25.4. The fourth-order valence-electron chi connectivity index (χ4n) is 2.75. The molecule has 0 radical (unpaired) electrons. The van der Waals surface area contributed by atoms with Crippen molar-refractivity contribution in [3.05, 3.63) is 29.3 Å². The minimum absolute atomic E-state index is 0.195. The van der Waals surface area contributed by atoms with E-state index in [-0.39, 0.29) is 24.8 Å². The number of nitrogens with two attached hydrogens (primary N) is 1. The monoisotopic (exact) mass is 265 g/mol. The highest BCUT2D eigenvalue weighted by molar-refractivity contribution is 5.92. The zero-order chi connectivity index (χ0) is 13.5. The molecule has 0 heterocycles. The molecule has 1 fully saturated rings. The number of aliphatic imine (C=N–C) groups is 1. The number of hydrogen-bond donors (Lipinski definition) is 2. The second-order valence-electron chi connectivity index (χ2n) is 5.39. The number of guanidine groups is 1. The molecule has 2 aliphatic rings. The molecule has 0 amide bonds. The predicted octanol–water partition coefficient (Wildman–Crippen LogP) is 2.70. The largest absolute Gasteiger partial charge is 0.370 e. The van der Waals surface area contributed by atoms with Crippen LogP contribution in [0.1, 0.15) is 30.4 Å². The zero-order valence-corrected chi connectivity index (χ0v) is 10.6. The zero-order valence-electron chi connectivity index (χ0n) is 10.6. The molecule has 102 valence electrons. The maximum absolute atomic E-state index is 12.7. The van der Waals surface area contributed by atoms with Crippen molar-refractivity contribution in [2.24, 2.45) is 10.7 Å². The molecule has 2 aliphatic carbocycles. The molecule has 0 aromatic heterocycles. The molecule has 0 atom stereocenters. The van der Waals surface area contributed by atoms with E-state index in [1.807, 2.05) is 6.07 Å². The van der Waals surface area contributed by atoms with Crippen LogP contribution in [0, 0.1) is 0 Å². The van der Waals surface area contributed by atoms with E-state index in [1.54, 1.807) is 0 Å². The van der Waals surface area contributed by atoms with Crippen LogP contribution in [0.15, 0.2) is 23.2 Å².